The molecule has 0 fully saturated rings. The van der Waals surface area contributed by atoms with E-state index in [1.165, 1.54) is 0 Å². The van der Waals surface area contributed by atoms with Gasteiger partial charge in [0.15, 0.2) is 0 Å². The summed E-state index contributed by atoms with van der Waals surface area (Å²) in [6.07, 6.45) is 4.07. The first-order valence-electron chi connectivity index (χ1n) is 6.51. The molecule has 0 spiro atoms. The van der Waals surface area contributed by atoms with Crippen LogP contribution in [0.4, 0.5) is 4.39 Å². The first-order valence-corrected chi connectivity index (χ1v) is 6.51. The van der Waals surface area contributed by atoms with E-state index in [0.717, 1.165) is 36.8 Å². The van der Waals surface area contributed by atoms with Gasteiger partial charge in [0.2, 0.25) is 0 Å². The third-order valence-electron chi connectivity index (χ3n) is 2.98. The molecule has 0 aliphatic carbocycles. The topological polar surface area (TPSA) is 0 Å². The molecular formula is C16H21F. The van der Waals surface area contributed by atoms with E-state index in [0.29, 0.717) is 5.92 Å². The molecule has 92 valence electrons. The lowest BCUT2D eigenvalue weighted by Gasteiger charge is -2.04. The SMILES string of the molecule is CCCC(C#Cc1ccc(CC)c(F)c1)CC. The number of rotatable bonds is 4. The quantitative estimate of drug-likeness (QED) is 0.667. The monoisotopic (exact) mass is 232 g/mol. The van der Waals surface area contributed by atoms with Gasteiger partial charge in [0, 0.05) is 11.5 Å². The summed E-state index contributed by atoms with van der Waals surface area (Å²) in [5, 5.41) is 0. The Bertz CT molecular complexity index is 409. The second-order valence-corrected chi connectivity index (χ2v) is 4.32. The van der Waals surface area contributed by atoms with E-state index in [4.69, 9.17) is 0 Å². The van der Waals surface area contributed by atoms with Crippen molar-refractivity contribution in [1.82, 2.24) is 0 Å². The van der Waals surface area contributed by atoms with Crippen molar-refractivity contribution in [3.8, 4) is 11.8 Å². The molecule has 0 saturated heterocycles. The van der Waals surface area contributed by atoms with Crippen LogP contribution in [0, 0.1) is 23.6 Å². The maximum atomic E-state index is 13.5. The van der Waals surface area contributed by atoms with Crippen LogP contribution in [0.5, 0.6) is 0 Å². The maximum absolute atomic E-state index is 13.5. The van der Waals surface area contributed by atoms with Crippen molar-refractivity contribution in [2.45, 2.75) is 46.5 Å². The van der Waals surface area contributed by atoms with Gasteiger partial charge in [-0.05, 0) is 37.0 Å². The molecule has 1 aromatic rings. The Morgan fingerprint density at radius 1 is 1.24 bits per heavy atom. The Morgan fingerprint density at radius 2 is 2.00 bits per heavy atom. The molecule has 17 heavy (non-hydrogen) atoms. The summed E-state index contributed by atoms with van der Waals surface area (Å²) in [5.41, 5.74) is 1.55. The Kier molecular flexibility index (Phi) is 5.77. The van der Waals surface area contributed by atoms with Crippen molar-refractivity contribution in [2.75, 3.05) is 0 Å². The van der Waals surface area contributed by atoms with E-state index in [1.807, 2.05) is 19.1 Å². The zero-order chi connectivity index (χ0) is 12.7. The van der Waals surface area contributed by atoms with Crippen LogP contribution in [-0.4, -0.2) is 0 Å². The molecule has 1 aromatic carbocycles. The Hall–Kier alpha value is -1.29. The van der Waals surface area contributed by atoms with Crippen LogP contribution in [0.1, 0.15) is 51.2 Å². The molecule has 0 aliphatic heterocycles. The minimum Gasteiger partial charge on any atom is -0.207 e. The molecule has 0 nitrogen and oxygen atoms in total. The molecule has 1 rings (SSSR count). The largest absolute Gasteiger partial charge is 0.207 e. The third-order valence-corrected chi connectivity index (χ3v) is 2.98. The van der Waals surface area contributed by atoms with Crippen LogP contribution in [0.15, 0.2) is 18.2 Å². The highest BCUT2D eigenvalue weighted by Gasteiger charge is 2.01. The molecule has 1 heteroatoms. The number of benzene rings is 1. The third kappa shape index (κ3) is 4.23. The summed E-state index contributed by atoms with van der Waals surface area (Å²) < 4.78 is 13.5. The molecule has 0 radical (unpaired) electrons. The van der Waals surface area contributed by atoms with Crippen molar-refractivity contribution in [3.05, 3.63) is 35.1 Å². The van der Waals surface area contributed by atoms with Crippen molar-refractivity contribution in [3.63, 3.8) is 0 Å². The van der Waals surface area contributed by atoms with Crippen molar-refractivity contribution >= 4 is 0 Å². The lowest BCUT2D eigenvalue weighted by atomic mass is 10.0. The van der Waals surface area contributed by atoms with Gasteiger partial charge in [0.05, 0.1) is 0 Å². The van der Waals surface area contributed by atoms with E-state index < -0.39 is 0 Å². The van der Waals surface area contributed by atoms with Crippen LogP contribution in [0.25, 0.3) is 0 Å². The van der Waals surface area contributed by atoms with Gasteiger partial charge in [-0.25, -0.2) is 4.39 Å². The van der Waals surface area contributed by atoms with Crippen LogP contribution in [0.2, 0.25) is 0 Å². The molecule has 0 saturated carbocycles. The zero-order valence-electron chi connectivity index (χ0n) is 11.0. The fourth-order valence-corrected chi connectivity index (χ4v) is 1.82. The summed E-state index contributed by atoms with van der Waals surface area (Å²) in [7, 11) is 0. The second-order valence-electron chi connectivity index (χ2n) is 4.32. The number of hydrogen-bond donors (Lipinski definition) is 0. The van der Waals surface area contributed by atoms with E-state index in [-0.39, 0.29) is 5.82 Å². The Balaban J connectivity index is 2.81. The molecule has 1 atom stereocenters. The van der Waals surface area contributed by atoms with E-state index >= 15 is 0 Å². The lowest BCUT2D eigenvalue weighted by Crippen LogP contribution is -1.94. The van der Waals surface area contributed by atoms with Crippen molar-refractivity contribution in [2.24, 2.45) is 5.92 Å². The van der Waals surface area contributed by atoms with Gasteiger partial charge in [-0.15, -0.1) is 0 Å². The number of aryl methyl sites for hydroxylation is 1. The average Bonchev–Trinajstić information content (AvgIpc) is 2.34. The zero-order valence-corrected chi connectivity index (χ0v) is 11.0. The van der Waals surface area contributed by atoms with Gasteiger partial charge in [0.1, 0.15) is 5.82 Å². The number of halogens is 1. The van der Waals surface area contributed by atoms with Crippen LogP contribution < -0.4 is 0 Å². The van der Waals surface area contributed by atoms with Gasteiger partial charge in [0.25, 0.3) is 0 Å². The smallest absolute Gasteiger partial charge is 0.127 e. The van der Waals surface area contributed by atoms with Crippen LogP contribution >= 0.6 is 0 Å². The van der Waals surface area contributed by atoms with Gasteiger partial charge in [-0.2, -0.15) is 0 Å². The second kappa shape index (κ2) is 7.12. The van der Waals surface area contributed by atoms with Crippen molar-refractivity contribution in [1.29, 1.82) is 0 Å². The van der Waals surface area contributed by atoms with E-state index in [1.54, 1.807) is 6.07 Å². The molecule has 0 bridgehead atoms. The van der Waals surface area contributed by atoms with E-state index in [2.05, 4.69) is 25.7 Å². The summed E-state index contributed by atoms with van der Waals surface area (Å²) in [6.45, 7) is 6.27. The minimum atomic E-state index is -0.136. The van der Waals surface area contributed by atoms with Gasteiger partial charge in [-0.1, -0.05) is 45.1 Å². The first kappa shape index (κ1) is 13.8. The summed E-state index contributed by atoms with van der Waals surface area (Å²) in [6, 6.07) is 5.29. The molecule has 0 amide bonds. The summed E-state index contributed by atoms with van der Waals surface area (Å²) in [5.74, 6) is 6.62. The van der Waals surface area contributed by atoms with Crippen LogP contribution in [0.3, 0.4) is 0 Å². The predicted molar refractivity (Wildman–Crippen MR) is 71.3 cm³/mol. The predicted octanol–water partition coefficient (Wildman–Crippen LogP) is 4.57. The van der Waals surface area contributed by atoms with E-state index in [9.17, 15) is 4.39 Å². The van der Waals surface area contributed by atoms with Gasteiger partial charge in [-0.3, -0.25) is 0 Å². The summed E-state index contributed by atoms with van der Waals surface area (Å²) in [4.78, 5) is 0. The Labute approximate surface area is 104 Å². The highest BCUT2D eigenvalue weighted by atomic mass is 19.1. The first-order chi connectivity index (χ1) is 8.21. The van der Waals surface area contributed by atoms with Crippen LogP contribution in [-0.2, 0) is 6.42 Å². The highest BCUT2D eigenvalue weighted by Crippen LogP contribution is 2.12. The maximum Gasteiger partial charge on any atom is 0.127 e. The fourth-order valence-electron chi connectivity index (χ4n) is 1.82. The van der Waals surface area contributed by atoms with Gasteiger partial charge < -0.3 is 0 Å². The minimum absolute atomic E-state index is 0.136. The molecule has 0 aliphatic rings. The number of hydrogen-bond acceptors (Lipinski definition) is 0. The molecule has 0 N–H and O–H groups in total. The molecule has 0 heterocycles. The van der Waals surface area contributed by atoms with Gasteiger partial charge >= 0.3 is 0 Å². The summed E-state index contributed by atoms with van der Waals surface area (Å²) >= 11 is 0. The Morgan fingerprint density at radius 3 is 2.53 bits per heavy atom. The van der Waals surface area contributed by atoms with Crippen molar-refractivity contribution < 1.29 is 4.39 Å². The lowest BCUT2D eigenvalue weighted by molar-refractivity contribution is 0.581. The highest BCUT2D eigenvalue weighted by molar-refractivity contribution is 5.37. The molecular weight excluding hydrogens is 211 g/mol. The normalized spacial score (nSPS) is 11.8. The molecule has 0 aromatic heterocycles. The standard InChI is InChI=1S/C16H21F/c1-4-7-13(5-2)8-9-14-10-11-15(6-3)16(17)12-14/h10-13H,4-7H2,1-3H3. The average molecular weight is 232 g/mol. The fraction of sp³-hybridized carbons (Fsp3) is 0.500. The molecule has 1 unspecified atom stereocenters.